The number of thiophene rings is 1. The van der Waals surface area contributed by atoms with Crippen LogP contribution in [0.4, 0.5) is 5.00 Å². The lowest BCUT2D eigenvalue weighted by atomic mass is 10.1. The van der Waals surface area contributed by atoms with Crippen LogP contribution in [0.3, 0.4) is 0 Å². The van der Waals surface area contributed by atoms with Crippen LogP contribution in [-0.2, 0) is 12.8 Å². The van der Waals surface area contributed by atoms with Crippen LogP contribution in [0, 0.1) is 18.3 Å². The number of aryl methyl sites for hydroxylation is 2. The van der Waals surface area contributed by atoms with Crippen LogP contribution >= 0.6 is 11.3 Å². The van der Waals surface area contributed by atoms with E-state index in [2.05, 4.69) is 16.5 Å². The van der Waals surface area contributed by atoms with Gasteiger partial charge in [0.25, 0.3) is 5.91 Å². The van der Waals surface area contributed by atoms with Gasteiger partial charge in [-0.2, -0.15) is 5.26 Å². The van der Waals surface area contributed by atoms with Crippen molar-refractivity contribution in [3.05, 3.63) is 33.5 Å². The van der Waals surface area contributed by atoms with Gasteiger partial charge in [0.05, 0.1) is 5.56 Å². The molecule has 1 N–H and O–H groups in total. The zero-order valence-corrected chi connectivity index (χ0v) is 12.5. The summed E-state index contributed by atoms with van der Waals surface area (Å²) in [6, 6.07) is 2.12. The maximum Gasteiger partial charge on any atom is 0.278 e. The van der Waals surface area contributed by atoms with Crippen molar-refractivity contribution in [3.8, 4) is 6.07 Å². The summed E-state index contributed by atoms with van der Waals surface area (Å²) in [7, 11) is 0. The Kier molecular flexibility index (Phi) is 3.76. The van der Waals surface area contributed by atoms with E-state index >= 15 is 0 Å². The fraction of sp³-hybridized carbons (Fsp3) is 0.400. The minimum atomic E-state index is -0.291. The highest BCUT2D eigenvalue weighted by atomic mass is 32.1. The number of nitrogens with one attached hydrogen (secondary N) is 1. The van der Waals surface area contributed by atoms with E-state index in [4.69, 9.17) is 9.78 Å². The first-order chi connectivity index (χ1) is 10.2. The topological polar surface area (TPSA) is 78.9 Å². The Labute approximate surface area is 126 Å². The molecule has 0 bridgehead atoms. The van der Waals surface area contributed by atoms with Crippen molar-refractivity contribution in [1.29, 1.82) is 5.26 Å². The molecule has 2 heterocycles. The number of anilines is 1. The van der Waals surface area contributed by atoms with Crippen LogP contribution in [0.2, 0.25) is 0 Å². The Bertz CT molecular complexity index is 724. The Hall–Kier alpha value is -2.13. The summed E-state index contributed by atoms with van der Waals surface area (Å²) in [6.45, 7) is 1.85. The quantitative estimate of drug-likeness (QED) is 0.862. The average molecular weight is 301 g/mol. The summed E-state index contributed by atoms with van der Waals surface area (Å²) in [4.78, 5) is 12.4. The lowest BCUT2D eigenvalue weighted by Gasteiger charge is -2.02. The van der Waals surface area contributed by atoms with Crippen molar-refractivity contribution in [2.45, 2.75) is 39.0 Å². The van der Waals surface area contributed by atoms with Crippen molar-refractivity contribution in [2.24, 2.45) is 0 Å². The fourth-order valence-corrected chi connectivity index (χ4v) is 3.47. The van der Waals surface area contributed by atoms with Crippen molar-refractivity contribution in [2.75, 3.05) is 5.32 Å². The highest BCUT2D eigenvalue weighted by molar-refractivity contribution is 7.14. The SMILES string of the molecule is Cc1csc(NC(=O)c2noc3c2CCCCC3)c1C#N. The summed E-state index contributed by atoms with van der Waals surface area (Å²) in [5, 5.41) is 18.3. The van der Waals surface area contributed by atoms with Gasteiger partial charge in [-0.05, 0) is 37.1 Å². The first-order valence-electron chi connectivity index (χ1n) is 6.97. The molecule has 0 radical (unpaired) electrons. The standard InChI is InChI=1S/C15H15N3O2S/c1-9-8-21-15(11(9)7-16)17-14(19)13-10-5-3-2-4-6-12(10)20-18-13/h8H,2-6H2,1H3,(H,17,19). The second kappa shape index (κ2) is 5.70. The molecule has 21 heavy (non-hydrogen) atoms. The number of aromatic nitrogens is 1. The lowest BCUT2D eigenvalue weighted by molar-refractivity contribution is 0.101. The molecule has 0 spiro atoms. The number of nitrogens with zero attached hydrogens (tertiary/aromatic N) is 2. The number of amides is 1. The van der Waals surface area contributed by atoms with Crippen LogP contribution in [0.25, 0.3) is 0 Å². The third-order valence-corrected chi connectivity index (χ3v) is 4.74. The number of hydrogen-bond acceptors (Lipinski definition) is 5. The first kappa shape index (κ1) is 13.8. The van der Waals surface area contributed by atoms with Gasteiger partial charge in [-0.1, -0.05) is 11.6 Å². The molecule has 5 nitrogen and oxygen atoms in total. The van der Waals surface area contributed by atoms with Gasteiger partial charge < -0.3 is 9.84 Å². The molecule has 0 fully saturated rings. The Balaban J connectivity index is 1.86. The van der Waals surface area contributed by atoms with Crippen LogP contribution in [-0.4, -0.2) is 11.1 Å². The predicted molar refractivity (Wildman–Crippen MR) is 79.5 cm³/mol. The molecule has 2 aromatic rings. The van der Waals surface area contributed by atoms with Gasteiger partial charge in [-0.15, -0.1) is 11.3 Å². The van der Waals surface area contributed by atoms with E-state index in [1.54, 1.807) is 0 Å². The van der Waals surface area contributed by atoms with E-state index < -0.39 is 0 Å². The molecular weight excluding hydrogens is 286 g/mol. The van der Waals surface area contributed by atoms with Gasteiger partial charge in [0.1, 0.15) is 16.8 Å². The molecular formula is C15H15N3O2S. The number of fused-ring (bicyclic) bond motifs is 1. The molecule has 0 saturated heterocycles. The number of nitriles is 1. The smallest absolute Gasteiger partial charge is 0.278 e. The number of rotatable bonds is 2. The normalized spacial score (nSPS) is 14.1. The summed E-state index contributed by atoms with van der Waals surface area (Å²) in [5.74, 6) is 0.542. The third kappa shape index (κ3) is 2.57. The van der Waals surface area contributed by atoms with Gasteiger partial charge in [0.2, 0.25) is 0 Å². The van der Waals surface area contributed by atoms with Gasteiger partial charge in [0.15, 0.2) is 5.69 Å². The highest BCUT2D eigenvalue weighted by Gasteiger charge is 2.24. The highest BCUT2D eigenvalue weighted by Crippen LogP contribution is 2.29. The van der Waals surface area contributed by atoms with Gasteiger partial charge in [0, 0.05) is 12.0 Å². The molecule has 0 saturated carbocycles. The van der Waals surface area contributed by atoms with Crippen molar-refractivity contribution in [3.63, 3.8) is 0 Å². The second-order valence-corrected chi connectivity index (χ2v) is 6.06. The maximum atomic E-state index is 12.4. The molecule has 2 aromatic heterocycles. The van der Waals surface area contributed by atoms with E-state index in [-0.39, 0.29) is 5.91 Å². The second-order valence-electron chi connectivity index (χ2n) is 5.18. The Morgan fingerprint density at radius 3 is 3.05 bits per heavy atom. The molecule has 1 amide bonds. The van der Waals surface area contributed by atoms with Crippen LogP contribution < -0.4 is 5.32 Å². The zero-order valence-electron chi connectivity index (χ0n) is 11.7. The summed E-state index contributed by atoms with van der Waals surface area (Å²) in [5.41, 5.74) is 2.68. The minimum Gasteiger partial charge on any atom is -0.360 e. The average Bonchev–Trinajstić information content (AvgIpc) is 2.95. The Morgan fingerprint density at radius 1 is 1.43 bits per heavy atom. The predicted octanol–water partition coefficient (Wildman–Crippen LogP) is 3.44. The molecule has 108 valence electrons. The van der Waals surface area contributed by atoms with Crippen molar-refractivity contribution >= 4 is 22.2 Å². The van der Waals surface area contributed by atoms with Gasteiger partial charge in [-0.25, -0.2) is 0 Å². The Morgan fingerprint density at radius 2 is 2.24 bits per heavy atom. The lowest BCUT2D eigenvalue weighted by Crippen LogP contribution is -2.14. The molecule has 0 aromatic carbocycles. The van der Waals surface area contributed by atoms with Crippen LogP contribution in [0.1, 0.15) is 52.2 Å². The van der Waals surface area contributed by atoms with Gasteiger partial charge in [-0.3, -0.25) is 4.79 Å². The third-order valence-electron chi connectivity index (χ3n) is 3.73. The molecule has 1 aliphatic carbocycles. The monoisotopic (exact) mass is 301 g/mol. The number of hydrogen-bond donors (Lipinski definition) is 1. The number of carbonyl (C=O) groups excluding carboxylic acids is 1. The van der Waals surface area contributed by atoms with Crippen molar-refractivity contribution < 1.29 is 9.32 Å². The summed E-state index contributed by atoms with van der Waals surface area (Å²) >= 11 is 1.36. The largest absolute Gasteiger partial charge is 0.360 e. The number of carbonyl (C=O) groups is 1. The van der Waals surface area contributed by atoms with Crippen LogP contribution in [0.5, 0.6) is 0 Å². The molecule has 0 aliphatic heterocycles. The maximum absolute atomic E-state index is 12.4. The van der Waals surface area contributed by atoms with E-state index in [0.29, 0.717) is 16.3 Å². The van der Waals surface area contributed by atoms with Crippen LogP contribution in [0.15, 0.2) is 9.90 Å². The van der Waals surface area contributed by atoms with E-state index in [9.17, 15) is 4.79 Å². The molecule has 3 rings (SSSR count). The minimum absolute atomic E-state index is 0.291. The summed E-state index contributed by atoms with van der Waals surface area (Å²) in [6.07, 6.45) is 4.95. The van der Waals surface area contributed by atoms with Crippen molar-refractivity contribution in [1.82, 2.24) is 5.16 Å². The zero-order chi connectivity index (χ0) is 14.8. The van der Waals surface area contributed by atoms with E-state index in [1.807, 2.05) is 12.3 Å². The summed E-state index contributed by atoms with van der Waals surface area (Å²) < 4.78 is 5.32. The first-order valence-corrected chi connectivity index (χ1v) is 7.85. The molecule has 0 unspecified atom stereocenters. The van der Waals surface area contributed by atoms with E-state index in [1.165, 1.54) is 11.3 Å². The molecule has 6 heteroatoms. The fourth-order valence-electron chi connectivity index (χ4n) is 2.58. The van der Waals surface area contributed by atoms with E-state index in [0.717, 1.165) is 49.0 Å². The molecule has 1 aliphatic rings. The van der Waals surface area contributed by atoms with Gasteiger partial charge >= 0.3 is 0 Å². The molecule has 0 atom stereocenters.